The van der Waals surface area contributed by atoms with E-state index in [0.29, 0.717) is 6.61 Å². The predicted molar refractivity (Wildman–Crippen MR) is 41.0 cm³/mol. The van der Waals surface area contributed by atoms with E-state index in [1.54, 1.807) is 4.68 Å². The molecule has 0 aliphatic heterocycles. The van der Waals surface area contributed by atoms with Crippen LogP contribution in [-0.4, -0.2) is 21.6 Å². The summed E-state index contributed by atoms with van der Waals surface area (Å²) in [5.74, 6) is 0. The first kappa shape index (κ1) is 8.20. The quantitative estimate of drug-likeness (QED) is 0.651. The van der Waals surface area contributed by atoms with Crippen LogP contribution < -0.4 is 0 Å². The Morgan fingerprint density at radius 3 is 2.91 bits per heavy atom. The highest BCUT2D eigenvalue weighted by atomic mass is 16.5. The van der Waals surface area contributed by atoms with Gasteiger partial charge in [0.2, 0.25) is 0 Å². The summed E-state index contributed by atoms with van der Waals surface area (Å²) in [6, 6.07) is 0. The number of aromatic nitrogens is 3. The van der Waals surface area contributed by atoms with E-state index in [4.69, 9.17) is 4.74 Å². The maximum atomic E-state index is 5.33. The van der Waals surface area contributed by atoms with Crippen LogP contribution in [0.1, 0.15) is 25.6 Å². The van der Waals surface area contributed by atoms with E-state index >= 15 is 0 Å². The Balaban J connectivity index is 2.60. The predicted octanol–water partition coefficient (Wildman–Crippen LogP) is 0.913. The lowest BCUT2D eigenvalue weighted by Crippen LogP contribution is -1.99. The molecule has 1 rings (SSSR count). The minimum atomic E-state index is 0.0497. The summed E-state index contributed by atoms with van der Waals surface area (Å²) in [5.41, 5.74) is 0.884. The van der Waals surface area contributed by atoms with Gasteiger partial charge in [0.1, 0.15) is 11.8 Å². The first-order chi connectivity index (χ1) is 5.24. The molecule has 62 valence electrons. The largest absolute Gasteiger partial charge is 0.372 e. The van der Waals surface area contributed by atoms with Gasteiger partial charge in [0, 0.05) is 13.7 Å². The van der Waals surface area contributed by atoms with Crippen LogP contribution in [0.5, 0.6) is 0 Å². The molecule has 0 bridgehead atoms. The van der Waals surface area contributed by atoms with Gasteiger partial charge < -0.3 is 4.74 Å². The summed E-state index contributed by atoms with van der Waals surface area (Å²) < 4.78 is 7.00. The van der Waals surface area contributed by atoms with Crippen molar-refractivity contribution in [1.29, 1.82) is 0 Å². The smallest absolute Gasteiger partial charge is 0.111 e. The highest BCUT2D eigenvalue weighted by Gasteiger charge is 2.07. The Labute approximate surface area is 66.2 Å². The SMILES string of the molecule is CCOC(C)c1cn(C)nn1. The second-order valence-electron chi connectivity index (χ2n) is 2.41. The maximum Gasteiger partial charge on any atom is 0.111 e. The zero-order valence-corrected chi connectivity index (χ0v) is 7.11. The minimum Gasteiger partial charge on any atom is -0.372 e. The van der Waals surface area contributed by atoms with Crippen molar-refractivity contribution in [2.75, 3.05) is 6.61 Å². The number of hydrogen-bond donors (Lipinski definition) is 0. The fourth-order valence-electron chi connectivity index (χ4n) is 0.887. The van der Waals surface area contributed by atoms with Crippen LogP contribution in [0.3, 0.4) is 0 Å². The van der Waals surface area contributed by atoms with Gasteiger partial charge in [0.05, 0.1) is 6.20 Å². The Morgan fingerprint density at radius 1 is 1.73 bits per heavy atom. The molecule has 0 saturated carbocycles. The Morgan fingerprint density at radius 2 is 2.45 bits per heavy atom. The lowest BCUT2D eigenvalue weighted by molar-refractivity contribution is 0.0733. The average Bonchev–Trinajstić information content (AvgIpc) is 2.36. The molecule has 0 N–H and O–H groups in total. The van der Waals surface area contributed by atoms with Crippen molar-refractivity contribution in [3.05, 3.63) is 11.9 Å². The van der Waals surface area contributed by atoms with E-state index in [-0.39, 0.29) is 6.10 Å². The van der Waals surface area contributed by atoms with E-state index in [9.17, 15) is 0 Å². The minimum absolute atomic E-state index is 0.0497. The maximum absolute atomic E-state index is 5.33. The van der Waals surface area contributed by atoms with Crippen LogP contribution >= 0.6 is 0 Å². The average molecular weight is 155 g/mol. The summed E-state index contributed by atoms with van der Waals surface area (Å²) in [6.45, 7) is 4.64. The normalized spacial score (nSPS) is 13.4. The molecule has 0 amide bonds. The van der Waals surface area contributed by atoms with E-state index in [2.05, 4.69) is 10.3 Å². The van der Waals surface area contributed by atoms with Crippen molar-refractivity contribution in [3.63, 3.8) is 0 Å². The third-order valence-electron chi connectivity index (χ3n) is 1.45. The van der Waals surface area contributed by atoms with E-state index < -0.39 is 0 Å². The summed E-state index contributed by atoms with van der Waals surface area (Å²) in [4.78, 5) is 0. The van der Waals surface area contributed by atoms with Crippen molar-refractivity contribution in [3.8, 4) is 0 Å². The molecule has 0 saturated heterocycles. The lowest BCUT2D eigenvalue weighted by atomic mass is 10.3. The van der Waals surface area contributed by atoms with Gasteiger partial charge in [-0.15, -0.1) is 5.10 Å². The number of aryl methyl sites for hydroxylation is 1. The lowest BCUT2D eigenvalue weighted by Gasteiger charge is -2.05. The molecule has 1 unspecified atom stereocenters. The van der Waals surface area contributed by atoms with E-state index in [1.165, 1.54) is 0 Å². The van der Waals surface area contributed by atoms with Crippen LogP contribution in [0.15, 0.2) is 6.20 Å². The second-order valence-corrected chi connectivity index (χ2v) is 2.41. The molecule has 4 nitrogen and oxygen atoms in total. The molecule has 0 fully saturated rings. The zero-order valence-electron chi connectivity index (χ0n) is 7.11. The molecule has 1 aromatic rings. The molecule has 1 aromatic heterocycles. The topological polar surface area (TPSA) is 39.9 Å². The number of rotatable bonds is 3. The van der Waals surface area contributed by atoms with Crippen molar-refractivity contribution in [2.24, 2.45) is 7.05 Å². The third kappa shape index (κ3) is 2.01. The number of hydrogen-bond acceptors (Lipinski definition) is 3. The molecule has 4 heteroatoms. The first-order valence-corrected chi connectivity index (χ1v) is 3.72. The molecule has 1 heterocycles. The molecular formula is C7H13N3O. The summed E-state index contributed by atoms with van der Waals surface area (Å²) in [5, 5.41) is 7.73. The number of ether oxygens (including phenoxy) is 1. The van der Waals surface area contributed by atoms with Gasteiger partial charge >= 0.3 is 0 Å². The Hall–Kier alpha value is -0.900. The monoisotopic (exact) mass is 155 g/mol. The third-order valence-corrected chi connectivity index (χ3v) is 1.45. The molecule has 11 heavy (non-hydrogen) atoms. The molecule has 0 spiro atoms. The standard InChI is InChI=1S/C7H13N3O/c1-4-11-6(2)7-5-10(3)9-8-7/h5-6H,4H2,1-3H3. The van der Waals surface area contributed by atoms with E-state index in [1.807, 2.05) is 27.1 Å². The summed E-state index contributed by atoms with van der Waals surface area (Å²) in [6.07, 6.45) is 1.91. The fourth-order valence-corrected chi connectivity index (χ4v) is 0.887. The molecular weight excluding hydrogens is 142 g/mol. The Bertz CT molecular complexity index is 221. The molecule has 0 aliphatic carbocycles. The summed E-state index contributed by atoms with van der Waals surface area (Å²) in [7, 11) is 1.84. The van der Waals surface area contributed by atoms with Gasteiger partial charge in [-0.2, -0.15) is 0 Å². The molecule has 1 atom stereocenters. The van der Waals surface area contributed by atoms with Crippen molar-refractivity contribution < 1.29 is 4.74 Å². The van der Waals surface area contributed by atoms with Gasteiger partial charge in [-0.05, 0) is 13.8 Å². The molecule has 0 radical (unpaired) electrons. The van der Waals surface area contributed by atoms with E-state index in [0.717, 1.165) is 5.69 Å². The summed E-state index contributed by atoms with van der Waals surface area (Å²) >= 11 is 0. The molecule has 0 aliphatic rings. The van der Waals surface area contributed by atoms with Crippen LogP contribution in [0.2, 0.25) is 0 Å². The van der Waals surface area contributed by atoms with Crippen LogP contribution in [0, 0.1) is 0 Å². The van der Waals surface area contributed by atoms with Crippen LogP contribution in [0.4, 0.5) is 0 Å². The van der Waals surface area contributed by atoms with Gasteiger partial charge in [-0.3, -0.25) is 4.68 Å². The van der Waals surface area contributed by atoms with Crippen molar-refractivity contribution in [2.45, 2.75) is 20.0 Å². The van der Waals surface area contributed by atoms with Gasteiger partial charge in [0.15, 0.2) is 0 Å². The number of nitrogens with zero attached hydrogens (tertiary/aromatic N) is 3. The van der Waals surface area contributed by atoms with Crippen LogP contribution in [-0.2, 0) is 11.8 Å². The van der Waals surface area contributed by atoms with Crippen LogP contribution in [0.25, 0.3) is 0 Å². The van der Waals surface area contributed by atoms with Crippen molar-refractivity contribution >= 4 is 0 Å². The van der Waals surface area contributed by atoms with Gasteiger partial charge in [-0.1, -0.05) is 5.21 Å². The highest BCUT2D eigenvalue weighted by Crippen LogP contribution is 2.11. The molecule has 0 aromatic carbocycles. The fraction of sp³-hybridized carbons (Fsp3) is 0.714. The van der Waals surface area contributed by atoms with Gasteiger partial charge in [0.25, 0.3) is 0 Å². The zero-order chi connectivity index (χ0) is 8.27. The highest BCUT2D eigenvalue weighted by molar-refractivity contribution is 4.95. The first-order valence-electron chi connectivity index (χ1n) is 3.72. The van der Waals surface area contributed by atoms with Gasteiger partial charge in [-0.25, -0.2) is 0 Å². The second kappa shape index (κ2) is 3.48. The van der Waals surface area contributed by atoms with Crippen molar-refractivity contribution in [1.82, 2.24) is 15.0 Å². The Kier molecular flexibility index (Phi) is 2.59.